The van der Waals surface area contributed by atoms with Crippen LogP contribution in [0.15, 0.2) is 35.7 Å². The molecule has 0 radical (unpaired) electrons. The number of hydrogen-bond donors (Lipinski definition) is 0. The molecule has 0 spiro atoms. The molecule has 6 nitrogen and oxygen atoms in total. The van der Waals surface area contributed by atoms with Gasteiger partial charge < -0.3 is 0 Å². The van der Waals surface area contributed by atoms with Crippen molar-refractivity contribution in [2.45, 2.75) is 13.1 Å². The van der Waals surface area contributed by atoms with Gasteiger partial charge in [0.25, 0.3) is 0 Å². The number of carbonyl (C=O) groups is 3. The molecule has 26 heavy (non-hydrogen) atoms. The lowest BCUT2D eigenvalue weighted by atomic mass is 10.2. The molecular weight excluding hydrogens is 364 g/mol. The zero-order valence-electron chi connectivity index (χ0n) is 13.8. The number of imide groups is 2. The van der Waals surface area contributed by atoms with Gasteiger partial charge in [0.15, 0.2) is 0 Å². The largest absolute Gasteiger partial charge is 0.335 e. The van der Waals surface area contributed by atoms with E-state index in [1.165, 1.54) is 22.3 Å². The predicted molar refractivity (Wildman–Crippen MR) is 89.8 cm³/mol. The standard InChI is InChI=1S/C17H15F2N3O3S/c1-20(8-11-4-5-12(18)7-14(11)19)10-22-16(24)15(23)21(17(22)25)9-13-3-2-6-26-13/h2-7H,8-10H2,1H3. The second-order valence-corrected chi connectivity index (χ2v) is 6.91. The summed E-state index contributed by atoms with van der Waals surface area (Å²) in [5.74, 6) is -3.21. The third-order valence-electron chi connectivity index (χ3n) is 3.87. The van der Waals surface area contributed by atoms with E-state index in [1.54, 1.807) is 19.2 Å². The monoisotopic (exact) mass is 379 g/mol. The number of benzene rings is 1. The molecule has 1 aromatic heterocycles. The Kier molecular flexibility index (Phi) is 5.10. The molecular formula is C17H15F2N3O3S. The molecule has 0 N–H and O–H groups in total. The van der Waals surface area contributed by atoms with Gasteiger partial charge in [-0.15, -0.1) is 11.3 Å². The van der Waals surface area contributed by atoms with Crippen molar-refractivity contribution in [3.8, 4) is 0 Å². The van der Waals surface area contributed by atoms with Crippen LogP contribution in [0.3, 0.4) is 0 Å². The summed E-state index contributed by atoms with van der Waals surface area (Å²) in [5, 5.41) is 1.81. The molecule has 0 bridgehead atoms. The van der Waals surface area contributed by atoms with E-state index in [1.807, 2.05) is 5.38 Å². The van der Waals surface area contributed by atoms with Crippen LogP contribution in [0.5, 0.6) is 0 Å². The second kappa shape index (κ2) is 7.30. The summed E-state index contributed by atoms with van der Waals surface area (Å²) in [7, 11) is 1.57. The molecule has 136 valence electrons. The highest BCUT2D eigenvalue weighted by Gasteiger charge is 2.44. The van der Waals surface area contributed by atoms with Crippen molar-refractivity contribution in [3.05, 3.63) is 57.8 Å². The summed E-state index contributed by atoms with van der Waals surface area (Å²) in [5.41, 5.74) is 0.217. The Morgan fingerprint density at radius 3 is 2.46 bits per heavy atom. The van der Waals surface area contributed by atoms with Crippen molar-refractivity contribution in [3.63, 3.8) is 0 Å². The third kappa shape index (κ3) is 3.63. The smallest absolute Gasteiger partial charge is 0.284 e. The molecule has 3 rings (SSSR count). The topological polar surface area (TPSA) is 60.9 Å². The molecule has 0 unspecified atom stereocenters. The summed E-state index contributed by atoms with van der Waals surface area (Å²) in [6, 6.07) is 6.03. The van der Waals surface area contributed by atoms with E-state index in [0.717, 1.165) is 26.8 Å². The zero-order chi connectivity index (χ0) is 18.8. The average Bonchev–Trinajstić information content (AvgIpc) is 3.17. The summed E-state index contributed by atoms with van der Waals surface area (Å²) >= 11 is 1.38. The lowest BCUT2D eigenvalue weighted by Gasteiger charge is -2.22. The van der Waals surface area contributed by atoms with Crippen LogP contribution >= 0.6 is 11.3 Å². The van der Waals surface area contributed by atoms with Crippen molar-refractivity contribution in [2.24, 2.45) is 0 Å². The first kappa shape index (κ1) is 18.2. The molecule has 1 aliphatic rings. The SMILES string of the molecule is CN(Cc1ccc(F)cc1F)CN1C(=O)C(=O)N(Cc2cccs2)C1=O. The molecule has 9 heteroatoms. The van der Waals surface area contributed by atoms with Crippen molar-refractivity contribution < 1.29 is 23.2 Å². The molecule has 0 saturated carbocycles. The van der Waals surface area contributed by atoms with Crippen LogP contribution < -0.4 is 0 Å². The number of nitrogens with zero attached hydrogens (tertiary/aromatic N) is 3. The minimum Gasteiger partial charge on any atom is -0.284 e. The van der Waals surface area contributed by atoms with E-state index in [0.29, 0.717) is 0 Å². The summed E-state index contributed by atoms with van der Waals surface area (Å²) < 4.78 is 26.7. The Balaban J connectivity index is 1.67. The fraction of sp³-hybridized carbons (Fsp3) is 0.235. The van der Waals surface area contributed by atoms with Crippen molar-refractivity contribution in [1.29, 1.82) is 0 Å². The third-order valence-corrected chi connectivity index (χ3v) is 4.73. The van der Waals surface area contributed by atoms with Crippen LogP contribution in [-0.4, -0.2) is 46.3 Å². The fourth-order valence-corrected chi connectivity index (χ4v) is 3.30. The summed E-state index contributed by atoms with van der Waals surface area (Å²) in [6.45, 7) is -0.0999. The first-order valence-corrected chi connectivity index (χ1v) is 8.57. The van der Waals surface area contributed by atoms with Crippen LogP contribution in [0, 0.1) is 11.6 Å². The molecule has 0 atom stereocenters. The Hall–Kier alpha value is -2.65. The van der Waals surface area contributed by atoms with Crippen LogP contribution in [0.2, 0.25) is 0 Å². The number of amides is 4. The molecule has 1 fully saturated rings. The summed E-state index contributed by atoms with van der Waals surface area (Å²) in [6.07, 6.45) is 0. The van der Waals surface area contributed by atoms with Gasteiger partial charge >= 0.3 is 17.8 Å². The van der Waals surface area contributed by atoms with Crippen LogP contribution in [-0.2, 0) is 22.7 Å². The number of hydrogen-bond acceptors (Lipinski definition) is 5. The van der Waals surface area contributed by atoms with Gasteiger partial charge in [-0.3, -0.25) is 19.4 Å². The van der Waals surface area contributed by atoms with E-state index in [4.69, 9.17) is 0 Å². The number of carbonyl (C=O) groups excluding carboxylic acids is 3. The maximum Gasteiger partial charge on any atom is 0.335 e. The normalized spacial score (nSPS) is 14.8. The molecule has 0 aliphatic carbocycles. The van der Waals surface area contributed by atoms with Gasteiger partial charge in [-0.25, -0.2) is 18.5 Å². The first-order valence-electron chi connectivity index (χ1n) is 7.69. The van der Waals surface area contributed by atoms with E-state index >= 15 is 0 Å². The number of halogens is 2. The Labute approximate surface area is 152 Å². The molecule has 1 saturated heterocycles. The highest BCUT2D eigenvalue weighted by molar-refractivity contribution is 7.09. The van der Waals surface area contributed by atoms with Gasteiger partial charge in [-0.2, -0.15) is 0 Å². The fourth-order valence-electron chi connectivity index (χ4n) is 2.61. The second-order valence-electron chi connectivity index (χ2n) is 5.88. The average molecular weight is 379 g/mol. The van der Waals surface area contributed by atoms with Crippen LogP contribution in [0.4, 0.5) is 13.6 Å². The van der Waals surface area contributed by atoms with Crippen molar-refractivity contribution in [2.75, 3.05) is 13.7 Å². The zero-order valence-corrected chi connectivity index (χ0v) is 14.6. The van der Waals surface area contributed by atoms with E-state index in [2.05, 4.69) is 0 Å². The predicted octanol–water partition coefficient (Wildman–Crippen LogP) is 2.41. The number of thiophene rings is 1. The molecule has 1 aliphatic heterocycles. The Bertz CT molecular complexity index is 857. The lowest BCUT2D eigenvalue weighted by molar-refractivity contribution is -0.144. The van der Waals surface area contributed by atoms with E-state index < -0.39 is 29.5 Å². The molecule has 1 aromatic carbocycles. The molecule has 4 amide bonds. The molecule has 2 aromatic rings. The maximum absolute atomic E-state index is 13.7. The van der Waals surface area contributed by atoms with Gasteiger partial charge in [-0.05, 0) is 24.6 Å². The van der Waals surface area contributed by atoms with Gasteiger partial charge in [0.1, 0.15) is 11.6 Å². The minimum absolute atomic E-state index is 0.0356. The highest BCUT2D eigenvalue weighted by atomic mass is 32.1. The Morgan fingerprint density at radius 1 is 1.08 bits per heavy atom. The van der Waals surface area contributed by atoms with Gasteiger partial charge in [0.05, 0.1) is 13.2 Å². The van der Waals surface area contributed by atoms with Crippen LogP contribution in [0.25, 0.3) is 0 Å². The van der Waals surface area contributed by atoms with E-state index in [-0.39, 0.29) is 25.3 Å². The molecule has 2 heterocycles. The number of rotatable bonds is 6. The quantitative estimate of drug-likeness (QED) is 0.571. The summed E-state index contributed by atoms with van der Waals surface area (Å²) in [4.78, 5) is 40.6. The van der Waals surface area contributed by atoms with Gasteiger partial charge in [0, 0.05) is 23.1 Å². The first-order chi connectivity index (χ1) is 12.4. The van der Waals surface area contributed by atoms with Crippen molar-refractivity contribution >= 4 is 29.2 Å². The van der Waals surface area contributed by atoms with Crippen molar-refractivity contribution in [1.82, 2.24) is 14.7 Å². The highest BCUT2D eigenvalue weighted by Crippen LogP contribution is 2.19. The van der Waals surface area contributed by atoms with Gasteiger partial charge in [0.2, 0.25) is 0 Å². The maximum atomic E-state index is 13.7. The lowest BCUT2D eigenvalue weighted by Crippen LogP contribution is -2.40. The van der Waals surface area contributed by atoms with Gasteiger partial charge in [-0.1, -0.05) is 12.1 Å². The van der Waals surface area contributed by atoms with Crippen LogP contribution in [0.1, 0.15) is 10.4 Å². The minimum atomic E-state index is -0.919. The number of urea groups is 1. The Morgan fingerprint density at radius 2 is 1.81 bits per heavy atom. The van der Waals surface area contributed by atoms with E-state index in [9.17, 15) is 23.2 Å².